The van der Waals surface area contributed by atoms with Crippen LogP contribution in [0.15, 0.2) is 24.3 Å². The van der Waals surface area contributed by atoms with Crippen molar-refractivity contribution in [1.82, 2.24) is 10.2 Å². The van der Waals surface area contributed by atoms with Crippen LogP contribution >= 0.6 is 22.9 Å². The third-order valence-electron chi connectivity index (χ3n) is 2.16. The van der Waals surface area contributed by atoms with E-state index in [-0.39, 0.29) is 12.5 Å². The Hall–Kier alpha value is -1.70. The second kappa shape index (κ2) is 7.18. The number of anilines is 1. The molecule has 1 aromatic carbocycles. The van der Waals surface area contributed by atoms with Gasteiger partial charge in [-0.1, -0.05) is 22.9 Å². The zero-order valence-corrected chi connectivity index (χ0v) is 12.2. The first kappa shape index (κ1) is 14.7. The number of rotatable bonds is 6. The van der Waals surface area contributed by atoms with Gasteiger partial charge in [0, 0.05) is 12.1 Å². The largest absolute Gasteiger partial charge is 0.484 e. The van der Waals surface area contributed by atoms with Gasteiger partial charge in [0.25, 0.3) is 5.91 Å². The summed E-state index contributed by atoms with van der Waals surface area (Å²) in [5.74, 6) is 0.266. The SMILES string of the molecule is COCc1nnc(NC(=O)COc2ccc(Cl)cc2)s1. The first-order valence-corrected chi connectivity index (χ1v) is 6.86. The van der Waals surface area contributed by atoms with Crippen LogP contribution in [-0.4, -0.2) is 29.8 Å². The van der Waals surface area contributed by atoms with Gasteiger partial charge in [0.15, 0.2) is 6.61 Å². The second-order valence-corrected chi connectivity index (χ2v) is 5.22. The fourth-order valence-corrected chi connectivity index (χ4v) is 2.18. The Balaban J connectivity index is 1.81. The van der Waals surface area contributed by atoms with Gasteiger partial charge >= 0.3 is 0 Å². The minimum absolute atomic E-state index is 0.110. The number of amides is 1. The number of ether oxygens (including phenoxy) is 2. The summed E-state index contributed by atoms with van der Waals surface area (Å²) in [7, 11) is 1.57. The molecule has 0 aliphatic rings. The Morgan fingerprint density at radius 1 is 1.35 bits per heavy atom. The van der Waals surface area contributed by atoms with E-state index < -0.39 is 0 Å². The van der Waals surface area contributed by atoms with Crippen LogP contribution in [0.3, 0.4) is 0 Å². The third kappa shape index (κ3) is 4.44. The van der Waals surface area contributed by atoms with E-state index in [1.807, 2.05) is 0 Å². The number of hydrogen-bond acceptors (Lipinski definition) is 6. The Kier molecular flexibility index (Phi) is 5.28. The second-order valence-electron chi connectivity index (χ2n) is 3.72. The van der Waals surface area contributed by atoms with Crippen LogP contribution < -0.4 is 10.1 Å². The lowest BCUT2D eigenvalue weighted by Crippen LogP contribution is -2.20. The number of benzene rings is 1. The quantitative estimate of drug-likeness (QED) is 0.886. The van der Waals surface area contributed by atoms with Crippen molar-refractivity contribution in [3.63, 3.8) is 0 Å². The highest BCUT2D eigenvalue weighted by Crippen LogP contribution is 2.17. The van der Waals surface area contributed by atoms with Gasteiger partial charge in [0.1, 0.15) is 17.4 Å². The van der Waals surface area contributed by atoms with E-state index in [4.69, 9.17) is 21.1 Å². The van der Waals surface area contributed by atoms with Crippen LogP contribution in [0, 0.1) is 0 Å². The fraction of sp³-hybridized carbons (Fsp3) is 0.250. The molecule has 0 atom stereocenters. The van der Waals surface area contributed by atoms with E-state index in [0.717, 1.165) is 0 Å². The Morgan fingerprint density at radius 2 is 2.10 bits per heavy atom. The summed E-state index contributed by atoms with van der Waals surface area (Å²) in [4.78, 5) is 11.7. The highest BCUT2D eigenvalue weighted by Gasteiger charge is 2.08. The monoisotopic (exact) mass is 313 g/mol. The number of nitrogens with one attached hydrogen (secondary N) is 1. The van der Waals surface area contributed by atoms with Crippen molar-refractivity contribution < 1.29 is 14.3 Å². The van der Waals surface area contributed by atoms with Gasteiger partial charge in [-0.2, -0.15) is 0 Å². The average molecular weight is 314 g/mol. The molecule has 2 rings (SSSR count). The van der Waals surface area contributed by atoms with Crippen LogP contribution in [0.1, 0.15) is 5.01 Å². The van der Waals surface area contributed by atoms with E-state index >= 15 is 0 Å². The fourth-order valence-electron chi connectivity index (χ4n) is 1.32. The van der Waals surface area contributed by atoms with Crippen LogP contribution in [0.4, 0.5) is 5.13 Å². The molecule has 6 nitrogen and oxygen atoms in total. The number of hydrogen-bond donors (Lipinski definition) is 1. The number of halogens is 1. The maximum atomic E-state index is 11.7. The number of methoxy groups -OCH3 is 1. The minimum atomic E-state index is -0.305. The first-order valence-electron chi connectivity index (χ1n) is 5.67. The molecule has 0 aliphatic carbocycles. The molecule has 0 radical (unpaired) electrons. The number of carbonyl (C=O) groups excluding carboxylic acids is 1. The van der Waals surface area contributed by atoms with Crippen molar-refractivity contribution in [1.29, 1.82) is 0 Å². The summed E-state index contributed by atoms with van der Waals surface area (Å²) < 4.78 is 10.2. The highest BCUT2D eigenvalue weighted by atomic mass is 35.5. The van der Waals surface area contributed by atoms with Crippen LogP contribution in [0.5, 0.6) is 5.75 Å². The topological polar surface area (TPSA) is 73.3 Å². The first-order chi connectivity index (χ1) is 9.67. The Labute approximate surface area is 124 Å². The molecule has 2 aromatic rings. The molecule has 20 heavy (non-hydrogen) atoms. The van der Waals surface area contributed by atoms with E-state index in [1.54, 1.807) is 31.4 Å². The van der Waals surface area contributed by atoms with Gasteiger partial charge in [0.2, 0.25) is 5.13 Å². The van der Waals surface area contributed by atoms with Gasteiger partial charge in [0.05, 0.1) is 0 Å². The van der Waals surface area contributed by atoms with Crippen molar-refractivity contribution in [2.24, 2.45) is 0 Å². The maximum Gasteiger partial charge on any atom is 0.264 e. The van der Waals surface area contributed by atoms with Crippen molar-refractivity contribution in [2.75, 3.05) is 19.0 Å². The van der Waals surface area contributed by atoms with Crippen molar-refractivity contribution in [2.45, 2.75) is 6.61 Å². The van der Waals surface area contributed by atoms with Gasteiger partial charge in [-0.25, -0.2) is 0 Å². The predicted molar refractivity (Wildman–Crippen MR) is 76.2 cm³/mol. The van der Waals surface area contributed by atoms with Crippen molar-refractivity contribution in [3.8, 4) is 5.75 Å². The molecule has 0 saturated carbocycles. The zero-order chi connectivity index (χ0) is 14.4. The molecule has 106 valence electrons. The Bertz CT molecular complexity index is 574. The molecule has 0 bridgehead atoms. The van der Waals surface area contributed by atoms with Gasteiger partial charge in [-0.3, -0.25) is 10.1 Å². The van der Waals surface area contributed by atoms with Crippen LogP contribution in [0.2, 0.25) is 5.02 Å². The average Bonchev–Trinajstić information content (AvgIpc) is 2.86. The van der Waals surface area contributed by atoms with Crippen LogP contribution in [0.25, 0.3) is 0 Å². The number of nitrogens with zero attached hydrogens (tertiary/aromatic N) is 2. The summed E-state index contributed by atoms with van der Waals surface area (Å²) in [5.41, 5.74) is 0. The van der Waals surface area contributed by atoms with Crippen molar-refractivity contribution >= 4 is 34.0 Å². The predicted octanol–water partition coefficient (Wildman–Crippen LogP) is 2.36. The molecular weight excluding hydrogens is 302 g/mol. The lowest BCUT2D eigenvalue weighted by Gasteiger charge is -2.05. The number of carbonyl (C=O) groups is 1. The van der Waals surface area contributed by atoms with E-state index in [1.165, 1.54) is 11.3 Å². The molecule has 1 aromatic heterocycles. The van der Waals surface area contributed by atoms with Gasteiger partial charge in [-0.15, -0.1) is 10.2 Å². The van der Waals surface area contributed by atoms with Gasteiger partial charge < -0.3 is 9.47 Å². The molecule has 0 aliphatic heterocycles. The standard InChI is InChI=1S/C12H12ClN3O3S/c1-18-7-11-15-16-12(20-11)14-10(17)6-19-9-4-2-8(13)3-5-9/h2-5H,6-7H2,1H3,(H,14,16,17). The van der Waals surface area contributed by atoms with E-state index in [9.17, 15) is 4.79 Å². The molecule has 8 heteroatoms. The summed E-state index contributed by atoms with van der Waals surface area (Å²) >= 11 is 7.01. The van der Waals surface area contributed by atoms with Gasteiger partial charge in [-0.05, 0) is 24.3 Å². The molecule has 1 N–H and O–H groups in total. The zero-order valence-electron chi connectivity index (χ0n) is 10.6. The molecule has 0 unspecified atom stereocenters. The van der Waals surface area contributed by atoms with E-state index in [0.29, 0.717) is 27.5 Å². The molecule has 0 fully saturated rings. The smallest absolute Gasteiger partial charge is 0.264 e. The minimum Gasteiger partial charge on any atom is -0.484 e. The molecular formula is C12H12ClN3O3S. The summed E-state index contributed by atoms with van der Waals surface area (Å²) in [6.45, 7) is 0.260. The molecule has 0 spiro atoms. The molecule has 1 amide bonds. The summed E-state index contributed by atoms with van der Waals surface area (Å²) in [6, 6.07) is 6.77. The van der Waals surface area contributed by atoms with Crippen LogP contribution in [-0.2, 0) is 16.1 Å². The summed E-state index contributed by atoms with van der Waals surface area (Å²) in [6.07, 6.45) is 0. The lowest BCUT2D eigenvalue weighted by molar-refractivity contribution is -0.118. The summed E-state index contributed by atoms with van der Waals surface area (Å²) in [5, 5.41) is 12.0. The Morgan fingerprint density at radius 3 is 2.80 bits per heavy atom. The maximum absolute atomic E-state index is 11.7. The lowest BCUT2D eigenvalue weighted by atomic mass is 10.3. The molecule has 1 heterocycles. The molecule has 0 saturated heterocycles. The highest BCUT2D eigenvalue weighted by molar-refractivity contribution is 7.15. The van der Waals surface area contributed by atoms with Crippen molar-refractivity contribution in [3.05, 3.63) is 34.3 Å². The van der Waals surface area contributed by atoms with E-state index in [2.05, 4.69) is 15.5 Å². The number of aromatic nitrogens is 2. The normalized spacial score (nSPS) is 10.3. The third-order valence-corrected chi connectivity index (χ3v) is 3.23.